The summed E-state index contributed by atoms with van der Waals surface area (Å²) in [4.78, 5) is 267. The number of unbranched alkanes of at least 4 members (excludes halogenated alkanes) is 2. The molecule has 1 unspecified atom stereocenters. The minimum absolute atomic E-state index is 0.0336. The first-order chi connectivity index (χ1) is 62.4. The number of carbonyl (C=O) groups is 17. The van der Waals surface area contributed by atoms with Gasteiger partial charge in [0.05, 0.1) is 74.3 Å². The Morgan fingerprint density at radius 3 is 1.75 bits per heavy atom. The van der Waals surface area contributed by atoms with Gasteiger partial charge >= 0.3 is 0 Å². The van der Waals surface area contributed by atoms with Gasteiger partial charge in [-0.25, -0.2) is 4.98 Å². The number of hydrogen-bond donors (Lipinski definition) is 16. The van der Waals surface area contributed by atoms with E-state index in [4.69, 9.17) is 22.6 Å². The number of benzene rings is 3. The maximum Gasteiger partial charge on any atom is 0.246 e. The van der Waals surface area contributed by atoms with E-state index in [0.29, 0.717) is 69.9 Å². The van der Waals surface area contributed by atoms with Crippen LogP contribution in [0.25, 0.3) is 21.8 Å². The molecule has 2 saturated heterocycles. The molecule has 19 N–H and O–H groups in total. The molecule has 2 aliphatic rings. The van der Waals surface area contributed by atoms with Gasteiger partial charge in [0.2, 0.25) is 76.8 Å². The molecule has 5 heterocycles. The van der Waals surface area contributed by atoms with Crippen molar-refractivity contribution in [2.75, 3.05) is 72.5 Å². The zero-order chi connectivity index (χ0) is 95.9. The van der Waals surface area contributed by atoms with Gasteiger partial charge in [-0.3, -0.25) is 86.9 Å². The molecule has 13 amide bonds. The van der Waals surface area contributed by atoms with Crippen LogP contribution in [0.2, 0.25) is 0 Å². The largest absolute Gasteiger partial charge is 0.396 e. The second-order valence-electron chi connectivity index (χ2n) is 33.9. The number of likely N-dealkylation sites (N-methyl/N-ethyl adjacent to an activating group) is 4. The van der Waals surface area contributed by atoms with Crippen LogP contribution in [0.3, 0.4) is 0 Å². The lowest BCUT2D eigenvalue weighted by Crippen LogP contribution is -2.58. The molecule has 3 aromatic carbocycles. The number of para-hydroxylation sites is 2. The Kier molecular flexibility index (Phi) is 39.9. The van der Waals surface area contributed by atoms with Gasteiger partial charge in [-0.05, 0) is 87.6 Å². The van der Waals surface area contributed by atoms with Crippen molar-refractivity contribution in [3.05, 3.63) is 126 Å². The normalized spacial score (nSPS) is 24.0. The summed E-state index contributed by atoms with van der Waals surface area (Å²) >= 11 is 0.816. The van der Waals surface area contributed by atoms with Crippen molar-refractivity contribution in [2.45, 2.75) is 210 Å². The minimum Gasteiger partial charge on any atom is -0.396 e. The number of hydrogen-bond acceptors (Lipinski definition) is 22. The summed E-state index contributed by atoms with van der Waals surface area (Å²) in [5.74, 6) is -21.2. The summed E-state index contributed by atoms with van der Waals surface area (Å²) in [6.07, 6.45) is 2.63. The van der Waals surface area contributed by atoms with Gasteiger partial charge in [-0.15, -0.1) is 11.8 Å². The molecule has 0 radical (unpaired) electrons. The summed E-state index contributed by atoms with van der Waals surface area (Å²) in [6, 6.07) is 9.71. The Morgan fingerprint density at radius 1 is 0.573 bits per heavy atom. The number of ketones is 4. The summed E-state index contributed by atoms with van der Waals surface area (Å²) in [5, 5.41) is 50.3. The molecule has 0 bridgehead atoms. The zero-order valence-corrected chi connectivity index (χ0v) is 76.3. The lowest BCUT2D eigenvalue weighted by molar-refractivity contribution is -0.149. The molecular weight excluding hydrogens is 1710 g/mol. The van der Waals surface area contributed by atoms with Gasteiger partial charge in [-0.1, -0.05) is 106 Å². The predicted molar refractivity (Wildman–Crippen MR) is 487 cm³/mol. The molecule has 2 fully saturated rings. The number of guanidine groups is 1. The molecule has 0 saturated carbocycles. The third-order valence-electron chi connectivity index (χ3n) is 24.1. The van der Waals surface area contributed by atoms with Crippen LogP contribution in [0.5, 0.6) is 0 Å². The highest BCUT2D eigenvalue weighted by Gasteiger charge is 2.44. The molecule has 14 atom stereocenters. The zero-order valence-electron chi connectivity index (χ0n) is 75.4. The molecule has 8 rings (SSSR count). The van der Waals surface area contributed by atoms with Crippen molar-refractivity contribution in [1.82, 2.24) is 81.7 Å². The molecule has 40 heteroatoms. The molecule has 0 spiro atoms. The molecular formula is C91H126N20O19S. The van der Waals surface area contributed by atoms with E-state index in [1.807, 2.05) is 13.8 Å². The standard InChI is InChI=1S/C91H126N20O19S/c1-9-11-29-71-76(116)38-55(24-20-32-97-91(94)95)83(123)106-70(85(125)100-46-79(93)119)49-131-50-81(121)103-67(34-54-22-14-13-15-23-54)87(127)108(6)52(3)82(122)104-69(42-78(92)118)89(129)111-33-21-31-72(111)77(117)39-56(35-60-45-96-51-101-60)74(114)41-63(53(4)113)86(126)107(5)47-80(120)102-66(36-57-43-98-64-27-18-16-25-61(57)64)75(115)40-59(48-112)84(124)105-68(37-58-44-99-65-28-19-17-26-62(58)65)88(128)110(8)73(30-12-10-2)90(130)109(71)7/h13-19,22-23,25-28,43-45,51-53,55-56,59,63,66-73,98-99,112-113H,9-12,20-21,24,29-42,46-50H2,1-8H3,(H2,92,118)(H2,93,119)(H,96,101)(H,100,125)(H,102,120)(H,103,121)(H,104,122)(H,105,124)(H,106,123)(H4,94,95,97)/t52-,53?,55+,56+,59-,63-,66-,67-,68-,69-,70-,71-,72-,73-/m0/s1. The van der Waals surface area contributed by atoms with Crippen LogP contribution < -0.4 is 54.4 Å². The number of aliphatic hydroxyl groups is 2. The Bertz CT molecular complexity index is 5020. The van der Waals surface area contributed by atoms with E-state index < -0.39 is 248 Å². The van der Waals surface area contributed by atoms with Crippen molar-refractivity contribution in [3.8, 4) is 0 Å². The number of rotatable bonds is 25. The number of aromatic amines is 3. The first-order valence-corrected chi connectivity index (χ1v) is 45.5. The topological polar surface area (TPSA) is 593 Å². The van der Waals surface area contributed by atoms with E-state index in [1.54, 1.807) is 91.3 Å². The molecule has 6 aromatic rings. The number of thioether (sulfide) groups is 1. The highest BCUT2D eigenvalue weighted by molar-refractivity contribution is 8.00. The van der Waals surface area contributed by atoms with Crippen LogP contribution >= 0.6 is 11.8 Å². The number of nitrogens with zero attached hydrogens (tertiary/aromatic N) is 6. The van der Waals surface area contributed by atoms with Crippen molar-refractivity contribution >= 4 is 139 Å². The summed E-state index contributed by atoms with van der Waals surface area (Å²) < 4.78 is 0. The Labute approximate surface area is 764 Å². The number of fused-ring (bicyclic) bond motifs is 3. The fourth-order valence-corrected chi connectivity index (χ4v) is 17.4. The van der Waals surface area contributed by atoms with E-state index in [2.05, 4.69) is 57.2 Å². The van der Waals surface area contributed by atoms with Crippen molar-refractivity contribution in [2.24, 2.45) is 40.9 Å². The first-order valence-electron chi connectivity index (χ1n) is 44.3. The monoisotopic (exact) mass is 1830 g/mol. The second-order valence-corrected chi connectivity index (χ2v) is 34.9. The van der Waals surface area contributed by atoms with E-state index >= 15 is 24.0 Å². The van der Waals surface area contributed by atoms with Crippen LogP contribution in [0.15, 0.2) is 104 Å². The molecule has 39 nitrogen and oxygen atoms in total. The van der Waals surface area contributed by atoms with Crippen LogP contribution in [-0.4, -0.2) is 293 Å². The number of H-pyrrole nitrogens is 3. The third kappa shape index (κ3) is 29.9. The smallest absolute Gasteiger partial charge is 0.246 e. The van der Waals surface area contributed by atoms with E-state index in [9.17, 15) is 67.7 Å². The van der Waals surface area contributed by atoms with Gasteiger partial charge in [0.25, 0.3) is 0 Å². The molecule has 710 valence electrons. The number of Topliss-reactive ketones (excluding diaryl/α,β-unsaturated/α-hetero) is 4. The number of aromatic nitrogens is 4. The SMILES string of the molecule is CCCC[C@H]1C(=O)N(C)[C@@H](CCCC)C(=O)C[C@@H](CCCNC(=N)N)C(=O)N[C@H](C(=O)NCC(N)=O)CSCC(=O)N[C@@H](Cc2ccccc2)C(=O)N(C)[C@@H](C)C(=O)N[C@@H](CC(N)=O)C(=O)N2CCC[C@H]2C(=O)C[C@@H](Cc2cnc[nH]2)C(=O)C[C@@H](C(C)O)C(=O)N(C)CC(=O)N[C@@H](Cc2c[nH]c3ccccc23)C(=O)C[C@@H](CO)C(=O)N[C@@H](Cc2c[nH]c3ccccc23)C(=O)N1C. The highest BCUT2D eigenvalue weighted by Crippen LogP contribution is 2.30. The number of imidazole rings is 1. The van der Waals surface area contributed by atoms with Crippen LogP contribution in [0, 0.1) is 29.1 Å². The fraction of sp³-hybridized carbons (Fsp3) is 0.527. The van der Waals surface area contributed by atoms with Gasteiger partial charge in [0, 0.05) is 150 Å². The van der Waals surface area contributed by atoms with Gasteiger partial charge in [-0.2, -0.15) is 0 Å². The first kappa shape index (κ1) is 104. The van der Waals surface area contributed by atoms with Gasteiger partial charge < -0.3 is 104 Å². The molecule has 0 aliphatic carbocycles. The van der Waals surface area contributed by atoms with Crippen molar-refractivity contribution < 1.29 is 91.7 Å². The number of carbonyl (C=O) groups excluding carboxylic acids is 17. The van der Waals surface area contributed by atoms with Gasteiger partial charge in [0.15, 0.2) is 23.3 Å². The lowest BCUT2D eigenvalue weighted by atomic mass is 9.84. The average molecular weight is 1840 g/mol. The van der Waals surface area contributed by atoms with E-state index in [-0.39, 0.29) is 83.1 Å². The number of aliphatic hydroxyl groups excluding tert-OH is 2. The van der Waals surface area contributed by atoms with Crippen LogP contribution in [0.1, 0.15) is 146 Å². The second kappa shape index (κ2) is 50.5. The Balaban J connectivity index is 1.18. The molecule has 131 heavy (non-hydrogen) atoms. The molecule has 3 aromatic heterocycles. The number of nitrogens with one attached hydrogen (secondary N) is 11. The maximum atomic E-state index is 15.7. The minimum atomic E-state index is -1.72. The fourth-order valence-electron chi connectivity index (χ4n) is 16.5. The van der Waals surface area contributed by atoms with Gasteiger partial charge in [0.1, 0.15) is 42.0 Å². The lowest BCUT2D eigenvalue weighted by Gasteiger charge is -2.36. The van der Waals surface area contributed by atoms with Crippen molar-refractivity contribution in [1.29, 1.82) is 5.41 Å². The predicted octanol–water partition coefficient (Wildman–Crippen LogP) is 0.559. The summed E-state index contributed by atoms with van der Waals surface area (Å²) in [5.41, 5.74) is 20.2. The summed E-state index contributed by atoms with van der Waals surface area (Å²) in [6.45, 7) is 3.84. The quantitative estimate of drug-likeness (QED) is 0.0211. The Morgan fingerprint density at radius 2 is 1.15 bits per heavy atom. The number of primary amides is 2. The third-order valence-corrected chi connectivity index (χ3v) is 25.2. The maximum absolute atomic E-state index is 15.7. The van der Waals surface area contributed by atoms with Crippen LogP contribution in [-0.2, 0) is 107 Å². The summed E-state index contributed by atoms with van der Waals surface area (Å²) in [7, 11) is 5.27. The molecule has 2 aliphatic heterocycles. The number of amides is 13. The highest BCUT2D eigenvalue weighted by atomic mass is 32.2. The van der Waals surface area contributed by atoms with E-state index in [0.717, 1.165) is 26.5 Å². The number of nitrogens with two attached hydrogens (primary N) is 3. The van der Waals surface area contributed by atoms with Crippen LogP contribution in [0.4, 0.5) is 0 Å². The Hall–Kier alpha value is -12.7. The average Bonchev–Trinajstić information content (AvgIpc) is 1.73. The van der Waals surface area contributed by atoms with E-state index in [1.165, 1.54) is 64.4 Å². The van der Waals surface area contributed by atoms with Crippen molar-refractivity contribution in [3.63, 3.8) is 0 Å².